The highest BCUT2D eigenvalue weighted by molar-refractivity contribution is 6.29. The van der Waals surface area contributed by atoms with E-state index in [9.17, 15) is 0 Å². The zero-order valence-corrected chi connectivity index (χ0v) is 11.8. The molecule has 7 heteroatoms. The molecule has 0 amide bonds. The molecule has 1 atom stereocenters. The second-order valence-electron chi connectivity index (χ2n) is 4.96. The van der Waals surface area contributed by atoms with Crippen LogP contribution in [-0.2, 0) is 13.6 Å². The van der Waals surface area contributed by atoms with Crippen molar-refractivity contribution < 1.29 is 4.52 Å². The Morgan fingerprint density at radius 1 is 1.53 bits per heavy atom. The summed E-state index contributed by atoms with van der Waals surface area (Å²) < 4.78 is 7.15. The maximum absolute atomic E-state index is 5.99. The quantitative estimate of drug-likeness (QED) is 0.858. The molecule has 0 aromatic carbocycles. The van der Waals surface area contributed by atoms with Crippen LogP contribution in [0.2, 0.25) is 5.15 Å². The van der Waals surface area contributed by atoms with E-state index >= 15 is 0 Å². The Labute approximate surface area is 116 Å². The Kier molecular flexibility index (Phi) is 3.28. The van der Waals surface area contributed by atoms with E-state index in [1.807, 2.05) is 18.5 Å². The summed E-state index contributed by atoms with van der Waals surface area (Å²) in [7, 11) is 1.93. The maximum Gasteiger partial charge on any atom is 0.231 e. The smallest absolute Gasteiger partial charge is 0.231 e. The monoisotopic (exact) mass is 281 g/mol. The van der Waals surface area contributed by atoms with Crippen LogP contribution in [-0.4, -0.2) is 37.7 Å². The van der Waals surface area contributed by atoms with Gasteiger partial charge in [-0.3, -0.25) is 4.90 Å². The summed E-state index contributed by atoms with van der Waals surface area (Å²) in [6.07, 6.45) is 2.73. The molecule has 3 rings (SSSR count). The summed E-state index contributed by atoms with van der Waals surface area (Å²) in [4.78, 5) is 11.0. The highest BCUT2D eigenvalue weighted by Gasteiger charge is 2.28. The van der Waals surface area contributed by atoms with Crippen LogP contribution in [0.15, 0.2) is 10.7 Å². The Morgan fingerprint density at radius 2 is 2.37 bits per heavy atom. The van der Waals surface area contributed by atoms with Crippen LogP contribution in [0.5, 0.6) is 0 Å². The molecule has 19 heavy (non-hydrogen) atoms. The lowest BCUT2D eigenvalue weighted by atomic mass is 10.1. The molecule has 102 valence electrons. The van der Waals surface area contributed by atoms with Crippen molar-refractivity contribution >= 4 is 11.6 Å². The molecule has 1 aliphatic heterocycles. The number of nitrogens with zero attached hydrogens (tertiary/aromatic N) is 5. The zero-order valence-electron chi connectivity index (χ0n) is 11.0. The highest BCUT2D eigenvalue weighted by atomic mass is 35.5. The summed E-state index contributed by atoms with van der Waals surface area (Å²) in [6.45, 7) is 4.57. The van der Waals surface area contributed by atoms with Gasteiger partial charge >= 0.3 is 0 Å². The highest BCUT2D eigenvalue weighted by Crippen LogP contribution is 2.27. The lowest BCUT2D eigenvalue weighted by Gasteiger charge is -2.14. The minimum absolute atomic E-state index is 0.331. The average molecular weight is 282 g/mol. The van der Waals surface area contributed by atoms with Gasteiger partial charge in [-0.15, -0.1) is 0 Å². The summed E-state index contributed by atoms with van der Waals surface area (Å²) in [5.41, 5.74) is 0. The second kappa shape index (κ2) is 4.94. The van der Waals surface area contributed by atoms with E-state index in [1.54, 1.807) is 6.20 Å². The predicted octanol–water partition coefficient (Wildman–Crippen LogP) is 1.75. The van der Waals surface area contributed by atoms with Crippen molar-refractivity contribution in [1.82, 2.24) is 24.6 Å². The van der Waals surface area contributed by atoms with Crippen molar-refractivity contribution in [2.24, 2.45) is 7.05 Å². The molecular weight excluding hydrogens is 266 g/mol. The minimum Gasteiger partial charge on any atom is -0.339 e. The van der Waals surface area contributed by atoms with Crippen molar-refractivity contribution in [3.05, 3.63) is 28.9 Å². The van der Waals surface area contributed by atoms with E-state index in [2.05, 4.69) is 20.0 Å². The molecule has 0 saturated carbocycles. The SMILES string of the molecule is Cc1noc(C2CCN(Cc3ncc(Cl)n3C)C2)n1. The number of halogens is 1. The van der Waals surface area contributed by atoms with Crippen LogP contribution in [0.3, 0.4) is 0 Å². The van der Waals surface area contributed by atoms with Gasteiger partial charge in [0.15, 0.2) is 5.82 Å². The minimum atomic E-state index is 0.331. The van der Waals surface area contributed by atoms with Crippen LogP contribution in [0.1, 0.15) is 29.9 Å². The third kappa shape index (κ3) is 2.50. The van der Waals surface area contributed by atoms with Gasteiger partial charge in [0.05, 0.1) is 18.7 Å². The predicted molar refractivity (Wildman–Crippen MR) is 69.9 cm³/mol. The van der Waals surface area contributed by atoms with Gasteiger partial charge in [-0.25, -0.2) is 4.98 Å². The first-order valence-electron chi connectivity index (χ1n) is 6.32. The largest absolute Gasteiger partial charge is 0.339 e. The van der Waals surface area contributed by atoms with Crippen molar-refractivity contribution in [3.8, 4) is 0 Å². The number of imidazole rings is 1. The molecule has 1 unspecified atom stereocenters. The number of likely N-dealkylation sites (tertiary alicyclic amines) is 1. The Hall–Kier alpha value is -1.40. The summed E-state index contributed by atoms with van der Waals surface area (Å²) in [5.74, 6) is 2.76. The molecule has 2 aromatic rings. The van der Waals surface area contributed by atoms with E-state index in [0.29, 0.717) is 16.9 Å². The van der Waals surface area contributed by atoms with Crippen molar-refractivity contribution in [2.45, 2.75) is 25.8 Å². The molecule has 0 bridgehead atoms. The topological polar surface area (TPSA) is 60.0 Å². The van der Waals surface area contributed by atoms with Gasteiger partial charge in [0.25, 0.3) is 0 Å². The summed E-state index contributed by atoms with van der Waals surface area (Å²) >= 11 is 5.99. The number of rotatable bonds is 3. The standard InChI is InChI=1S/C12H16ClN5O/c1-8-15-12(19-16-8)9-3-4-18(6-9)7-11-14-5-10(13)17(11)2/h5,9H,3-4,6-7H2,1-2H3. The van der Waals surface area contributed by atoms with Crippen LogP contribution in [0.25, 0.3) is 0 Å². The average Bonchev–Trinajstić information content (AvgIpc) is 3.07. The van der Waals surface area contributed by atoms with Gasteiger partial charge in [-0.1, -0.05) is 16.8 Å². The molecular formula is C12H16ClN5O. The first kappa shape index (κ1) is 12.6. The van der Waals surface area contributed by atoms with Gasteiger partial charge in [-0.2, -0.15) is 4.98 Å². The summed E-state index contributed by atoms with van der Waals surface area (Å²) in [6, 6.07) is 0. The number of aromatic nitrogens is 4. The van der Waals surface area contributed by atoms with Crippen LogP contribution in [0, 0.1) is 6.92 Å². The Morgan fingerprint density at radius 3 is 3.00 bits per heavy atom. The van der Waals surface area contributed by atoms with E-state index < -0.39 is 0 Å². The van der Waals surface area contributed by atoms with Crippen molar-refractivity contribution in [3.63, 3.8) is 0 Å². The lowest BCUT2D eigenvalue weighted by molar-refractivity contribution is 0.300. The molecule has 0 aliphatic carbocycles. The summed E-state index contributed by atoms with van der Waals surface area (Å²) in [5, 5.41) is 4.51. The third-order valence-corrected chi connectivity index (χ3v) is 3.91. The van der Waals surface area contributed by atoms with Gasteiger partial charge in [0, 0.05) is 13.6 Å². The molecule has 3 heterocycles. The van der Waals surface area contributed by atoms with Gasteiger partial charge in [0.1, 0.15) is 11.0 Å². The van der Waals surface area contributed by atoms with E-state index in [4.69, 9.17) is 16.1 Å². The molecule has 6 nitrogen and oxygen atoms in total. The van der Waals surface area contributed by atoms with E-state index in [-0.39, 0.29) is 0 Å². The fourth-order valence-electron chi connectivity index (χ4n) is 2.43. The van der Waals surface area contributed by atoms with E-state index in [1.165, 1.54) is 0 Å². The molecule has 2 aromatic heterocycles. The lowest BCUT2D eigenvalue weighted by Crippen LogP contribution is -2.21. The van der Waals surface area contributed by atoms with Gasteiger partial charge in [0.2, 0.25) is 5.89 Å². The first-order valence-corrected chi connectivity index (χ1v) is 6.70. The fourth-order valence-corrected chi connectivity index (χ4v) is 2.57. The molecule has 0 spiro atoms. The molecule has 1 fully saturated rings. The molecule has 0 radical (unpaired) electrons. The molecule has 0 N–H and O–H groups in total. The second-order valence-corrected chi connectivity index (χ2v) is 5.34. The van der Waals surface area contributed by atoms with Crippen LogP contribution >= 0.6 is 11.6 Å². The first-order chi connectivity index (χ1) is 9.13. The van der Waals surface area contributed by atoms with Crippen molar-refractivity contribution in [1.29, 1.82) is 0 Å². The maximum atomic E-state index is 5.99. The Bertz CT molecular complexity index is 578. The molecule has 1 aliphatic rings. The number of hydrogen-bond donors (Lipinski definition) is 0. The van der Waals surface area contributed by atoms with Crippen LogP contribution in [0.4, 0.5) is 0 Å². The number of hydrogen-bond acceptors (Lipinski definition) is 5. The normalized spacial score (nSPS) is 20.3. The number of aryl methyl sites for hydroxylation is 1. The van der Waals surface area contributed by atoms with Gasteiger partial charge in [-0.05, 0) is 19.9 Å². The van der Waals surface area contributed by atoms with Gasteiger partial charge < -0.3 is 9.09 Å². The third-order valence-electron chi connectivity index (χ3n) is 3.56. The molecule has 1 saturated heterocycles. The Balaban J connectivity index is 1.65. The van der Waals surface area contributed by atoms with Crippen molar-refractivity contribution in [2.75, 3.05) is 13.1 Å². The van der Waals surface area contributed by atoms with E-state index in [0.717, 1.165) is 37.8 Å². The van der Waals surface area contributed by atoms with Crippen LogP contribution < -0.4 is 0 Å². The zero-order chi connectivity index (χ0) is 13.4. The fraction of sp³-hybridized carbons (Fsp3) is 0.583.